The first-order valence-electron chi connectivity index (χ1n) is 7.66. The van der Waals surface area contributed by atoms with Gasteiger partial charge in [0.2, 0.25) is 0 Å². The predicted octanol–water partition coefficient (Wildman–Crippen LogP) is 1.42. The Labute approximate surface area is 133 Å². The monoisotopic (exact) mass is 321 g/mol. The van der Waals surface area contributed by atoms with Gasteiger partial charge in [0.05, 0.1) is 11.7 Å². The molecular weight excluding hydrogens is 302 g/mol. The van der Waals surface area contributed by atoms with Crippen LogP contribution in [0, 0.1) is 6.92 Å². The predicted molar refractivity (Wildman–Crippen MR) is 78.6 cm³/mol. The fourth-order valence-electron chi connectivity index (χ4n) is 3.41. The minimum absolute atomic E-state index is 0.0162. The summed E-state index contributed by atoms with van der Waals surface area (Å²) in [6, 6.07) is -0.940. The lowest BCUT2D eigenvalue weighted by Gasteiger charge is -2.20. The van der Waals surface area contributed by atoms with Gasteiger partial charge in [-0.05, 0) is 13.3 Å². The lowest BCUT2D eigenvalue weighted by atomic mass is 9.94. The van der Waals surface area contributed by atoms with E-state index in [1.54, 1.807) is 6.92 Å². The molecule has 2 aliphatic rings. The number of carboxylic acids is 1. The van der Waals surface area contributed by atoms with Crippen LogP contribution in [0.4, 0.5) is 0 Å². The number of aliphatic carboxylic acids is 1. The number of fused-ring (bicyclic) bond motifs is 1. The van der Waals surface area contributed by atoms with E-state index in [1.165, 1.54) is 12.0 Å². The quantitative estimate of drug-likeness (QED) is 0.904. The molecule has 0 saturated carbocycles. The topological polar surface area (TPSA) is 97.1 Å². The van der Waals surface area contributed by atoms with Crippen molar-refractivity contribution in [3.05, 3.63) is 22.6 Å². The number of likely N-dealkylation sites (tertiary alicyclic amines) is 1. The Bertz CT molecular complexity index is 676. The first-order chi connectivity index (χ1) is 10.9. The Kier molecular flexibility index (Phi) is 3.97. The largest absolute Gasteiger partial charge is 0.480 e. The van der Waals surface area contributed by atoms with E-state index >= 15 is 0 Å². The first kappa shape index (κ1) is 15.7. The van der Waals surface area contributed by atoms with Gasteiger partial charge in [0.15, 0.2) is 11.5 Å². The molecule has 7 heteroatoms. The van der Waals surface area contributed by atoms with Gasteiger partial charge in [0, 0.05) is 38.5 Å². The highest BCUT2D eigenvalue weighted by Crippen LogP contribution is 2.31. The van der Waals surface area contributed by atoms with Gasteiger partial charge in [-0.1, -0.05) is 0 Å². The third-order valence-electron chi connectivity index (χ3n) is 4.64. The molecule has 2 atom stereocenters. The lowest BCUT2D eigenvalue weighted by molar-refractivity contribution is -0.141. The maximum atomic E-state index is 12.8. The van der Waals surface area contributed by atoms with Gasteiger partial charge in [-0.2, -0.15) is 0 Å². The number of furan rings is 1. The second kappa shape index (κ2) is 5.81. The third kappa shape index (κ3) is 2.55. The van der Waals surface area contributed by atoms with E-state index in [0.717, 1.165) is 0 Å². The second-order valence-corrected chi connectivity index (χ2v) is 6.04. The van der Waals surface area contributed by atoms with Crippen LogP contribution < -0.4 is 0 Å². The van der Waals surface area contributed by atoms with Crippen LogP contribution in [0.25, 0.3) is 0 Å². The number of carboxylic acid groups (broad SMARTS) is 1. The average molecular weight is 321 g/mol. The molecule has 1 fully saturated rings. The molecule has 0 bridgehead atoms. The fourth-order valence-corrected chi connectivity index (χ4v) is 3.41. The zero-order valence-electron chi connectivity index (χ0n) is 13.1. The normalized spacial score (nSPS) is 23.9. The molecule has 1 N–H and O–H groups in total. The van der Waals surface area contributed by atoms with Crippen LogP contribution >= 0.6 is 0 Å². The summed E-state index contributed by atoms with van der Waals surface area (Å²) >= 11 is 0. The molecule has 2 unspecified atom stereocenters. The summed E-state index contributed by atoms with van der Waals surface area (Å²) in [7, 11) is 1.49. The SMILES string of the molecule is COC1CC(C(=O)O)N(C(=O)c2oc3c(c2C)C(=O)CCC3)C1. The molecular formula is C16H19NO6. The molecule has 0 spiro atoms. The van der Waals surface area contributed by atoms with Crippen molar-refractivity contribution in [2.24, 2.45) is 0 Å². The molecule has 3 rings (SSSR count). The van der Waals surface area contributed by atoms with Gasteiger partial charge < -0.3 is 19.2 Å². The number of hydrogen-bond donors (Lipinski definition) is 1. The third-order valence-corrected chi connectivity index (χ3v) is 4.64. The van der Waals surface area contributed by atoms with Crippen LogP contribution in [-0.2, 0) is 16.0 Å². The van der Waals surface area contributed by atoms with E-state index < -0.39 is 17.9 Å². The number of Topliss-reactive ketones (excluding diaryl/α,β-unsaturated/α-hetero) is 1. The van der Waals surface area contributed by atoms with Gasteiger partial charge in [-0.25, -0.2) is 4.79 Å². The number of ether oxygens (including phenoxy) is 1. The molecule has 1 saturated heterocycles. The number of aryl methyl sites for hydroxylation is 1. The molecule has 0 radical (unpaired) electrons. The maximum absolute atomic E-state index is 12.8. The summed E-state index contributed by atoms with van der Waals surface area (Å²) in [5, 5.41) is 9.33. The second-order valence-electron chi connectivity index (χ2n) is 6.04. The summed E-state index contributed by atoms with van der Waals surface area (Å²) in [5.41, 5.74) is 1.01. The number of ketones is 1. The van der Waals surface area contributed by atoms with Crippen molar-refractivity contribution in [3.63, 3.8) is 0 Å². The summed E-state index contributed by atoms with van der Waals surface area (Å²) in [5.74, 6) is -0.957. The van der Waals surface area contributed by atoms with E-state index in [4.69, 9.17) is 9.15 Å². The number of methoxy groups -OCH3 is 1. The fraction of sp³-hybridized carbons (Fsp3) is 0.562. The van der Waals surface area contributed by atoms with Crippen LogP contribution in [0.15, 0.2) is 4.42 Å². The molecule has 124 valence electrons. The highest BCUT2D eigenvalue weighted by Gasteiger charge is 2.42. The lowest BCUT2D eigenvalue weighted by Crippen LogP contribution is -2.40. The van der Waals surface area contributed by atoms with Crippen molar-refractivity contribution in [1.82, 2.24) is 4.90 Å². The average Bonchev–Trinajstić information content (AvgIpc) is 3.09. The molecule has 1 aliphatic heterocycles. The van der Waals surface area contributed by atoms with E-state index in [0.29, 0.717) is 36.1 Å². The smallest absolute Gasteiger partial charge is 0.326 e. The van der Waals surface area contributed by atoms with Gasteiger partial charge in [-0.15, -0.1) is 0 Å². The van der Waals surface area contributed by atoms with Gasteiger partial charge in [-0.3, -0.25) is 9.59 Å². The van der Waals surface area contributed by atoms with Gasteiger partial charge >= 0.3 is 5.97 Å². The Balaban J connectivity index is 1.94. The molecule has 1 aromatic rings. The molecule has 2 heterocycles. The zero-order chi connectivity index (χ0) is 16.7. The Morgan fingerprint density at radius 1 is 1.35 bits per heavy atom. The Morgan fingerprint density at radius 3 is 2.70 bits per heavy atom. The Morgan fingerprint density at radius 2 is 2.09 bits per heavy atom. The summed E-state index contributed by atoms with van der Waals surface area (Å²) < 4.78 is 10.8. The minimum Gasteiger partial charge on any atom is -0.480 e. The standard InChI is InChI=1S/C16H19NO6/c1-8-13-11(18)4-3-5-12(13)23-14(8)15(19)17-7-9(22-2)6-10(17)16(20)21/h9-10H,3-7H2,1-2H3,(H,20,21). The molecule has 1 aromatic heterocycles. The van der Waals surface area contributed by atoms with Crippen LogP contribution in [-0.4, -0.2) is 53.5 Å². The van der Waals surface area contributed by atoms with Crippen molar-refractivity contribution >= 4 is 17.7 Å². The number of nitrogens with zero attached hydrogens (tertiary/aromatic N) is 1. The van der Waals surface area contributed by atoms with Crippen molar-refractivity contribution in [2.75, 3.05) is 13.7 Å². The summed E-state index contributed by atoms with van der Waals surface area (Å²) in [6.45, 7) is 1.88. The molecule has 1 amide bonds. The van der Waals surface area contributed by atoms with Crippen molar-refractivity contribution in [1.29, 1.82) is 0 Å². The number of hydrogen-bond acceptors (Lipinski definition) is 5. The van der Waals surface area contributed by atoms with Crippen molar-refractivity contribution < 1.29 is 28.6 Å². The maximum Gasteiger partial charge on any atom is 0.326 e. The van der Waals surface area contributed by atoms with Crippen LogP contribution in [0.5, 0.6) is 0 Å². The number of carbonyl (C=O) groups is 3. The summed E-state index contributed by atoms with van der Waals surface area (Å²) in [6.07, 6.45) is 1.72. The number of carbonyl (C=O) groups excluding carboxylic acids is 2. The van der Waals surface area contributed by atoms with Gasteiger partial charge in [0.25, 0.3) is 5.91 Å². The van der Waals surface area contributed by atoms with Gasteiger partial charge in [0.1, 0.15) is 11.8 Å². The highest BCUT2D eigenvalue weighted by molar-refractivity contribution is 6.04. The van der Waals surface area contributed by atoms with E-state index in [9.17, 15) is 19.5 Å². The minimum atomic E-state index is -1.07. The van der Waals surface area contributed by atoms with E-state index in [2.05, 4.69) is 0 Å². The Hall–Kier alpha value is -2.15. The van der Waals surface area contributed by atoms with Crippen LogP contribution in [0.3, 0.4) is 0 Å². The first-order valence-corrected chi connectivity index (χ1v) is 7.66. The molecule has 7 nitrogen and oxygen atoms in total. The van der Waals surface area contributed by atoms with Crippen LogP contribution in [0.1, 0.15) is 51.5 Å². The molecule has 0 aromatic carbocycles. The number of rotatable bonds is 3. The highest BCUT2D eigenvalue weighted by atomic mass is 16.5. The van der Waals surface area contributed by atoms with E-state index in [1.807, 2.05) is 0 Å². The zero-order valence-corrected chi connectivity index (χ0v) is 13.1. The van der Waals surface area contributed by atoms with E-state index in [-0.39, 0.29) is 30.6 Å². The molecule has 1 aliphatic carbocycles. The van der Waals surface area contributed by atoms with Crippen molar-refractivity contribution in [3.8, 4) is 0 Å². The van der Waals surface area contributed by atoms with Crippen molar-refractivity contribution in [2.45, 2.75) is 44.8 Å². The number of amides is 1. The molecule has 23 heavy (non-hydrogen) atoms. The summed E-state index contributed by atoms with van der Waals surface area (Å²) in [4.78, 5) is 37.5. The van der Waals surface area contributed by atoms with Crippen LogP contribution in [0.2, 0.25) is 0 Å².